The van der Waals surface area contributed by atoms with Gasteiger partial charge in [-0.05, 0) is 35.2 Å². The standard InChI is InChI=1S/C19H23N3O2.ClH/c20-12-17(16-9-8-14-5-1-2-6-15(14)11-16)21-18(23)13-22-10-4-3-7-19(22)24;/h1-2,5-6,8-9,11,17H,3-4,7,10,12-13,20H2,(H,21,23);1H. The number of benzene rings is 2. The molecule has 1 atom stereocenters. The smallest absolute Gasteiger partial charge is 0.240 e. The van der Waals surface area contributed by atoms with Gasteiger partial charge in [0.15, 0.2) is 0 Å². The lowest BCUT2D eigenvalue weighted by molar-refractivity contribution is -0.138. The third-order valence-corrected chi connectivity index (χ3v) is 4.50. The van der Waals surface area contributed by atoms with E-state index in [1.807, 2.05) is 30.3 Å². The van der Waals surface area contributed by atoms with Crippen LogP contribution in [0.5, 0.6) is 0 Å². The van der Waals surface area contributed by atoms with Crippen LogP contribution in [0, 0.1) is 0 Å². The number of amides is 2. The van der Waals surface area contributed by atoms with Crippen molar-refractivity contribution in [3.05, 3.63) is 48.0 Å². The third-order valence-electron chi connectivity index (χ3n) is 4.50. The largest absolute Gasteiger partial charge is 0.346 e. The molecule has 2 aromatic rings. The summed E-state index contributed by atoms with van der Waals surface area (Å²) in [4.78, 5) is 25.8. The van der Waals surface area contributed by atoms with Gasteiger partial charge >= 0.3 is 0 Å². The van der Waals surface area contributed by atoms with Crippen molar-refractivity contribution in [1.29, 1.82) is 0 Å². The number of nitrogens with one attached hydrogen (secondary N) is 1. The number of hydrogen-bond acceptors (Lipinski definition) is 3. The van der Waals surface area contributed by atoms with Gasteiger partial charge in [0.1, 0.15) is 0 Å². The summed E-state index contributed by atoms with van der Waals surface area (Å²) in [5.74, 6) is -0.0970. The highest BCUT2D eigenvalue weighted by Crippen LogP contribution is 2.20. The Labute approximate surface area is 154 Å². The molecule has 1 heterocycles. The molecule has 2 aromatic carbocycles. The van der Waals surface area contributed by atoms with Gasteiger partial charge in [-0.25, -0.2) is 0 Å². The zero-order valence-corrected chi connectivity index (χ0v) is 14.9. The minimum absolute atomic E-state index is 0. The first-order valence-electron chi connectivity index (χ1n) is 8.43. The SMILES string of the molecule is Cl.NCC(NC(=O)CN1CCCCC1=O)c1ccc2ccccc2c1. The molecular formula is C19H24ClN3O2. The van der Waals surface area contributed by atoms with E-state index < -0.39 is 0 Å². The van der Waals surface area contributed by atoms with Gasteiger partial charge in [-0.1, -0.05) is 36.4 Å². The van der Waals surface area contributed by atoms with E-state index in [0.717, 1.165) is 29.2 Å². The second kappa shape index (κ2) is 8.83. The van der Waals surface area contributed by atoms with E-state index in [4.69, 9.17) is 5.73 Å². The molecule has 0 saturated carbocycles. The van der Waals surface area contributed by atoms with Crippen molar-refractivity contribution in [3.8, 4) is 0 Å². The topological polar surface area (TPSA) is 75.4 Å². The Bertz CT molecular complexity index is 750. The van der Waals surface area contributed by atoms with Crippen molar-refractivity contribution in [2.75, 3.05) is 19.6 Å². The van der Waals surface area contributed by atoms with Gasteiger partial charge < -0.3 is 16.0 Å². The van der Waals surface area contributed by atoms with E-state index in [1.54, 1.807) is 4.90 Å². The molecule has 0 radical (unpaired) electrons. The fraction of sp³-hybridized carbons (Fsp3) is 0.368. The molecule has 3 rings (SSSR count). The van der Waals surface area contributed by atoms with Gasteiger partial charge in [-0.15, -0.1) is 12.4 Å². The Balaban J connectivity index is 0.00000225. The van der Waals surface area contributed by atoms with Crippen molar-refractivity contribution in [1.82, 2.24) is 10.2 Å². The summed E-state index contributed by atoms with van der Waals surface area (Å²) in [7, 11) is 0. The molecule has 0 aromatic heterocycles. The van der Waals surface area contributed by atoms with Crippen LogP contribution in [-0.4, -0.2) is 36.3 Å². The second-order valence-electron chi connectivity index (χ2n) is 6.23. The predicted octanol–water partition coefficient (Wildman–Crippen LogP) is 2.39. The Morgan fingerprint density at radius 2 is 1.92 bits per heavy atom. The molecule has 0 aliphatic carbocycles. The van der Waals surface area contributed by atoms with E-state index in [-0.39, 0.29) is 36.8 Å². The summed E-state index contributed by atoms with van der Waals surface area (Å²) in [6.07, 6.45) is 2.42. The van der Waals surface area contributed by atoms with E-state index in [2.05, 4.69) is 17.4 Å². The summed E-state index contributed by atoms with van der Waals surface area (Å²) in [5.41, 5.74) is 6.84. The van der Waals surface area contributed by atoms with Crippen LogP contribution in [-0.2, 0) is 9.59 Å². The quantitative estimate of drug-likeness (QED) is 0.858. The first kappa shape index (κ1) is 19.2. The summed E-state index contributed by atoms with van der Waals surface area (Å²) in [6, 6.07) is 13.9. The summed E-state index contributed by atoms with van der Waals surface area (Å²) in [6.45, 7) is 1.09. The lowest BCUT2D eigenvalue weighted by Crippen LogP contribution is -2.44. The molecular weight excluding hydrogens is 338 g/mol. The van der Waals surface area contributed by atoms with Gasteiger partial charge in [-0.3, -0.25) is 9.59 Å². The Kier molecular flexibility index (Phi) is 6.79. The zero-order valence-electron chi connectivity index (χ0n) is 14.1. The van der Waals surface area contributed by atoms with Gasteiger partial charge in [0.05, 0.1) is 12.6 Å². The molecule has 1 aliphatic rings. The first-order chi connectivity index (χ1) is 11.7. The molecule has 134 valence electrons. The molecule has 25 heavy (non-hydrogen) atoms. The number of carbonyl (C=O) groups is 2. The number of rotatable bonds is 5. The van der Waals surface area contributed by atoms with E-state index in [9.17, 15) is 9.59 Å². The number of nitrogens with two attached hydrogens (primary N) is 1. The monoisotopic (exact) mass is 361 g/mol. The maximum absolute atomic E-state index is 12.3. The van der Waals surface area contributed by atoms with E-state index in [0.29, 0.717) is 19.5 Å². The first-order valence-corrected chi connectivity index (χ1v) is 8.43. The molecule has 0 bridgehead atoms. The van der Waals surface area contributed by atoms with Crippen LogP contribution >= 0.6 is 12.4 Å². The molecule has 5 nitrogen and oxygen atoms in total. The highest BCUT2D eigenvalue weighted by Gasteiger charge is 2.22. The molecule has 3 N–H and O–H groups in total. The Hall–Kier alpha value is -2.11. The number of nitrogens with zero attached hydrogens (tertiary/aromatic N) is 1. The summed E-state index contributed by atoms with van der Waals surface area (Å²) < 4.78 is 0. The molecule has 0 spiro atoms. The average Bonchev–Trinajstić information content (AvgIpc) is 2.61. The number of fused-ring (bicyclic) bond motifs is 1. The Morgan fingerprint density at radius 1 is 1.16 bits per heavy atom. The van der Waals surface area contributed by atoms with Crippen molar-refractivity contribution in [2.45, 2.75) is 25.3 Å². The van der Waals surface area contributed by atoms with Gasteiger partial charge in [0, 0.05) is 19.5 Å². The predicted molar refractivity (Wildman–Crippen MR) is 102 cm³/mol. The van der Waals surface area contributed by atoms with Crippen LogP contribution in [0.3, 0.4) is 0 Å². The highest BCUT2D eigenvalue weighted by atomic mass is 35.5. The average molecular weight is 362 g/mol. The number of carbonyl (C=O) groups excluding carboxylic acids is 2. The maximum atomic E-state index is 12.3. The molecule has 1 fully saturated rings. The molecule has 6 heteroatoms. The van der Waals surface area contributed by atoms with Crippen LogP contribution < -0.4 is 11.1 Å². The second-order valence-corrected chi connectivity index (χ2v) is 6.23. The maximum Gasteiger partial charge on any atom is 0.240 e. The fourth-order valence-corrected chi connectivity index (χ4v) is 3.15. The van der Waals surface area contributed by atoms with Gasteiger partial charge in [0.2, 0.25) is 11.8 Å². The lowest BCUT2D eigenvalue weighted by atomic mass is 10.0. The molecule has 1 unspecified atom stereocenters. The Morgan fingerprint density at radius 3 is 2.64 bits per heavy atom. The van der Waals surface area contributed by atoms with Crippen LogP contribution in [0.25, 0.3) is 10.8 Å². The molecule has 1 saturated heterocycles. The van der Waals surface area contributed by atoms with Gasteiger partial charge in [-0.2, -0.15) is 0 Å². The fourth-order valence-electron chi connectivity index (χ4n) is 3.15. The minimum atomic E-state index is -0.248. The number of likely N-dealkylation sites (tertiary alicyclic amines) is 1. The third kappa shape index (κ3) is 4.71. The zero-order chi connectivity index (χ0) is 16.9. The van der Waals surface area contributed by atoms with Crippen molar-refractivity contribution in [2.24, 2.45) is 5.73 Å². The van der Waals surface area contributed by atoms with Crippen molar-refractivity contribution >= 4 is 35.0 Å². The highest BCUT2D eigenvalue weighted by molar-refractivity contribution is 5.86. The number of hydrogen-bond donors (Lipinski definition) is 2. The molecule has 1 aliphatic heterocycles. The van der Waals surface area contributed by atoms with Crippen LogP contribution in [0.15, 0.2) is 42.5 Å². The minimum Gasteiger partial charge on any atom is -0.346 e. The van der Waals surface area contributed by atoms with Crippen LogP contribution in [0.1, 0.15) is 30.9 Å². The van der Waals surface area contributed by atoms with Gasteiger partial charge in [0.25, 0.3) is 0 Å². The molecule has 2 amide bonds. The summed E-state index contributed by atoms with van der Waals surface area (Å²) in [5, 5.41) is 5.23. The van der Waals surface area contributed by atoms with E-state index >= 15 is 0 Å². The number of piperidine rings is 1. The summed E-state index contributed by atoms with van der Waals surface area (Å²) >= 11 is 0. The lowest BCUT2D eigenvalue weighted by Gasteiger charge is -2.27. The van der Waals surface area contributed by atoms with Crippen LogP contribution in [0.4, 0.5) is 0 Å². The number of halogens is 1. The van der Waals surface area contributed by atoms with Crippen LogP contribution in [0.2, 0.25) is 0 Å². The van der Waals surface area contributed by atoms with Crippen molar-refractivity contribution in [3.63, 3.8) is 0 Å². The normalized spacial score (nSPS) is 15.6. The van der Waals surface area contributed by atoms with Crippen molar-refractivity contribution < 1.29 is 9.59 Å². The van der Waals surface area contributed by atoms with E-state index in [1.165, 1.54) is 0 Å².